The minimum absolute atomic E-state index is 0.00169. The van der Waals surface area contributed by atoms with Crippen molar-refractivity contribution in [1.82, 2.24) is 10.2 Å². The van der Waals surface area contributed by atoms with E-state index in [1.54, 1.807) is 37.7 Å². The van der Waals surface area contributed by atoms with Gasteiger partial charge < -0.3 is 34.8 Å². The molecule has 1 amide bonds. The van der Waals surface area contributed by atoms with Gasteiger partial charge in [0.1, 0.15) is 16.4 Å². The number of amides is 1. The second-order valence-electron chi connectivity index (χ2n) is 17.9. The number of esters is 1. The molecule has 1 saturated heterocycles. The number of rotatable bonds is 16. The molecular formula is C54H56N4O7S4. The second-order valence-corrected chi connectivity index (χ2v) is 22.5. The van der Waals surface area contributed by atoms with Gasteiger partial charge in [0, 0.05) is 47.6 Å². The Morgan fingerprint density at radius 1 is 0.725 bits per heavy atom. The Bertz CT molecular complexity index is 2820. The van der Waals surface area contributed by atoms with Crippen LogP contribution in [0.4, 0.5) is 0 Å². The number of nitrogens with zero attached hydrogens (tertiary/aromatic N) is 3. The molecule has 3 N–H and O–H groups in total. The Morgan fingerprint density at radius 3 is 1.91 bits per heavy atom. The van der Waals surface area contributed by atoms with Crippen LogP contribution in [0.1, 0.15) is 101 Å². The molecule has 2 aromatic heterocycles. The summed E-state index contributed by atoms with van der Waals surface area (Å²) in [5, 5.41) is 31.8. The number of fused-ring (bicyclic) bond motifs is 2. The van der Waals surface area contributed by atoms with Gasteiger partial charge in [0.05, 0.1) is 45.5 Å². The van der Waals surface area contributed by atoms with Crippen molar-refractivity contribution in [2.45, 2.75) is 75.8 Å². The van der Waals surface area contributed by atoms with Crippen LogP contribution in [-0.4, -0.2) is 86.1 Å². The summed E-state index contributed by atoms with van der Waals surface area (Å²) in [6.07, 6.45) is 4.97. The molecule has 6 aromatic rings. The molecule has 0 bridgehead atoms. The number of carbonyl (C=O) groups excluding carboxylic acids is 2. The largest absolute Gasteiger partial charge is 0.497 e. The van der Waals surface area contributed by atoms with Gasteiger partial charge >= 0.3 is 5.97 Å². The summed E-state index contributed by atoms with van der Waals surface area (Å²) >= 11 is 6.10. The molecule has 3 aliphatic rings. The Morgan fingerprint density at radius 2 is 1.30 bits per heavy atom. The van der Waals surface area contributed by atoms with E-state index in [0.29, 0.717) is 71.5 Å². The molecule has 1 fully saturated rings. The number of likely N-dealkylation sites (tertiary alicyclic amines) is 1. The molecule has 2 aliphatic carbocycles. The summed E-state index contributed by atoms with van der Waals surface area (Å²) in [5.74, 6) is 2.19. The van der Waals surface area contributed by atoms with Crippen LogP contribution in [0.25, 0.3) is 0 Å². The third kappa shape index (κ3) is 11.2. The van der Waals surface area contributed by atoms with Crippen LogP contribution < -0.4 is 14.8 Å². The van der Waals surface area contributed by atoms with Gasteiger partial charge in [-0.3, -0.25) is 4.79 Å². The quantitative estimate of drug-likeness (QED) is 0.0371. The van der Waals surface area contributed by atoms with Crippen molar-refractivity contribution >= 4 is 69.5 Å². The maximum Gasteiger partial charge on any atom is 0.348 e. The van der Waals surface area contributed by atoms with E-state index in [9.17, 15) is 20.0 Å². The molecule has 3 heterocycles. The van der Waals surface area contributed by atoms with Crippen molar-refractivity contribution in [3.63, 3.8) is 0 Å². The molecule has 9 rings (SSSR count). The lowest BCUT2D eigenvalue weighted by Gasteiger charge is -2.29. The predicted molar refractivity (Wildman–Crippen MR) is 277 cm³/mol. The lowest BCUT2D eigenvalue weighted by molar-refractivity contribution is 0.0513. The Labute approximate surface area is 420 Å². The molecule has 2 unspecified atom stereocenters. The topological polar surface area (TPSA) is 142 Å². The summed E-state index contributed by atoms with van der Waals surface area (Å²) in [6, 6.07) is 34.2. The molecule has 0 radical (unpaired) electrons. The molecule has 1 aliphatic heterocycles. The zero-order chi connectivity index (χ0) is 47.9. The third-order valence-electron chi connectivity index (χ3n) is 13.4. The minimum atomic E-state index is -0.389. The number of nitrogens with one attached hydrogen (secondary N) is 1. The van der Waals surface area contributed by atoms with E-state index in [4.69, 9.17) is 14.2 Å². The smallest absolute Gasteiger partial charge is 0.348 e. The van der Waals surface area contributed by atoms with E-state index in [1.165, 1.54) is 22.7 Å². The number of oxime groups is 2. The van der Waals surface area contributed by atoms with Gasteiger partial charge in [-0.2, -0.15) is 0 Å². The highest BCUT2D eigenvalue weighted by atomic mass is 32.2. The number of methoxy groups -OCH3 is 2. The fourth-order valence-corrected chi connectivity index (χ4v) is 14.7. The fourth-order valence-electron chi connectivity index (χ4n) is 9.62. The Balaban J connectivity index is 0.902. The van der Waals surface area contributed by atoms with Crippen LogP contribution in [0.3, 0.4) is 0 Å². The molecular weight excluding hydrogens is 945 g/mol. The molecule has 15 heteroatoms. The second kappa shape index (κ2) is 22.4. The summed E-state index contributed by atoms with van der Waals surface area (Å²) in [6.45, 7) is 2.89. The highest BCUT2D eigenvalue weighted by Crippen LogP contribution is 2.48. The van der Waals surface area contributed by atoms with Crippen LogP contribution >= 0.6 is 46.2 Å². The van der Waals surface area contributed by atoms with E-state index < -0.39 is 0 Å². The van der Waals surface area contributed by atoms with Crippen molar-refractivity contribution in [2.75, 3.05) is 47.5 Å². The number of thioether (sulfide) groups is 1. The fraction of sp³-hybridized carbons (Fsp3) is 0.333. The molecule has 2 atom stereocenters. The molecule has 11 nitrogen and oxygen atoms in total. The van der Waals surface area contributed by atoms with Crippen LogP contribution in [0, 0.1) is 5.92 Å². The van der Waals surface area contributed by atoms with Crippen LogP contribution in [0.2, 0.25) is 0 Å². The zero-order valence-electron chi connectivity index (χ0n) is 38.9. The van der Waals surface area contributed by atoms with Gasteiger partial charge in [0.25, 0.3) is 5.91 Å². The SMILES string of the molecule is COc1ccc(C2C/C(=N\O)c3c(SCc4cccc(CCOC(=O)c5sc(Sc6ccccc6)c6c5CC(c5ccc(OC)cc5)C/C6=N\O)c4)sc(C(=O)NCC4CCN(C)CC4)c3C2)cc1. The molecule has 4 aromatic carbocycles. The normalized spacial score (nSPS) is 18.4. The van der Waals surface area contributed by atoms with E-state index in [-0.39, 0.29) is 30.3 Å². The number of piperidine rings is 1. The van der Waals surface area contributed by atoms with Crippen molar-refractivity contribution in [2.24, 2.45) is 16.2 Å². The highest BCUT2D eigenvalue weighted by molar-refractivity contribution is 8.01. The standard InChI is InChI=1S/C54H56N4O7S4/c1-58-23-20-34(21-24-58)31-55-51(59)49-43-27-38(36-12-16-40(63-2)17-13-36)29-45(56-61)47(43)53(68-49)66-32-35-9-7-8-33(26-35)22-25-65-52(60)50-44-28-39(37-14-18-41(64-3)19-15-37)30-46(57-62)48(44)54(69-50)67-42-10-5-4-6-11-42/h4-19,26,34,38-39,61-62H,20-25,27-32H2,1-3H3,(H,55,59)/b56-45+,57-46+. The summed E-state index contributed by atoms with van der Waals surface area (Å²) < 4.78 is 18.7. The average molecular weight is 1000 g/mol. The molecule has 0 saturated carbocycles. The minimum Gasteiger partial charge on any atom is -0.497 e. The number of benzene rings is 4. The van der Waals surface area contributed by atoms with Gasteiger partial charge in [-0.1, -0.05) is 88.8 Å². The zero-order valence-corrected chi connectivity index (χ0v) is 42.2. The van der Waals surface area contributed by atoms with Gasteiger partial charge in [-0.25, -0.2) is 4.79 Å². The maximum absolute atomic E-state index is 14.1. The summed E-state index contributed by atoms with van der Waals surface area (Å²) in [4.78, 5) is 32.8. The first kappa shape index (κ1) is 48.4. The first-order valence-electron chi connectivity index (χ1n) is 23.3. The highest BCUT2D eigenvalue weighted by Gasteiger charge is 2.36. The maximum atomic E-state index is 14.1. The van der Waals surface area contributed by atoms with Crippen LogP contribution in [-0.2, 0) is 29.8 Å². The first-order chi connectivity index (χ1) is 33.7. The monoisotopic (exact) mass is 1000 g/mol. The lowest BCUT2D eigenvalue weighted by atomic mass is 9.80. The lowest BCUT2D eigenvalue weighted by Crippen LogP contribution is -2.37. The van der Waals surface area contributed by atoms with E-state index in [1.807, 2.05) is 78.9 Å². The van der Waals surface area contributed by atoms with E-state index >= 15 is 0 Å². The van der Waals surface area contributed by atoms with Crippen molar-refractivity contribution in [1.29, 1.82) is 0 Å². The predicted octanol–water partition coefficient (Wildman–Crippen LogP) is 11.6. The third-order valence-corrected chi connectivity index (χ3v) is 18.4. The average Bonchev–Trinajstić information content (AvgIpc) is 3.96. The van der Waals surface area contributed by atoms with E-state index in [0.717, 1.165) is 95.3 Å². The number of thiophene rings is 2. The first-order valence-corrected chi connectivity index (χ1v) is 26.7. The van der Waals surface area contributed by atoms with E-state index in [2.05, 4.69) is 51.8 Å². The Kier molecular flexibility index (Phi) is 15.8. The number of ether oxygens (including phenoxy) is 3. The van der Waals surface area contributed by atoms with Gasteiger partial charge in [0.2, 0.25) is 0 Å². The van der Waals surface area contributed by atoms with Crippen molar-refractivity contribution < 1.29 is 34.2 Å². The molecule has 0 spiro atoms. The van der Waals surface area contributed by atoms with Crippen molar-refractivity contribution in [3.05, 3.63) is 157 Å². The van der Waals surface area contributed by atoms with Crippen LogP contribution in [0.15, 0.2) is 127 Å². The summed E-state index contributed by atoms with van der Waals surface area (Å²) in [7, 11) is 5.43. The number of carbonyl (C=O) groups is 2. The number of hydrogen-bond acceptors (Lipinski definition) is 14. The van der Waals surface area contributed by atoms with Crippen LogP contribution in [0.5, 0.6) is 11.5 Å². The van der Waals surface area contributed by atoms with Crippen molar-refractivity contribution in [3.8, 4) is 11.5 Å². The Hall–Kier alpha value is -5.58. The summed E-state index contributed by atoms with van der Waals surface area (Å²) in [5.41, 5.74) is 8.93. The van der Waals surface area contributed by atoms with Gasteiger partial charge in [0.15, 0.2) is 0 Å². The molecule has 69 heavy (non-hydrogen) atoms. The van der Waals surface area contributed by atoms with Gasteiger partial charge in [-0.05, 0) is 133 Å². The molecule has 358 valence electrons. The van der Waals surface area contributed by atoms with Gasteiger partial charge in [-0.15, -0.1) is 34.4 Å². The number of hydrogen-bond donors (Lipinski definition) is 3.